The van der Waals surface area contributed by atoms with Crippen LogP contribution in [0.5, 0.6) is 0 Å². The van der Waals surface area contributed by atoms with Gasteiger partial charge in [0.1, 0.15) is 0 Å². The molecule has 0 aliphatic heterocycles. The van der Waals surface area contributed by atoms with Crippen LogP contribution in [-0.4, -0.2) is 32.7 Å². The Bertz CT molecular complexity index is 223. The molecular weight excluding hydrogens is 251 g/mol. The summed E-state index contributed by atoms with van der Waals surface area (Å²) in [5.41, 5.74) is 1.27. The van der Waals surface area contributed by atoms with Crippen molar-refractivity contribution in [1.82, 2.24) is 0 Å². The molecule has 0 spiro atoms. The topological polar surface area (TPSA) is 115 Å². The van der Waals surface area contributed by atoms with Crippen LogP contribution < -0.4 is 0 Å². The maximum Gasteiger partial charge on any atom is 0.503 e. The molecule has 1 radical (unpaired) electrons. The maximum absolute atomic E-state index is 8.56. The number of allylic oxidation sites excluding steroid dienone is 4. The Morgan fingerprint density at radius 1 is 1.20 bits per heavy atom. The number of carbonyl (C=O) groups is 2. The van der Waals surface area contributed by atoms with E-state index in [9.17, 15) is 0 Å². The molecule has 0 atom stereocenters. The summed E-state index contributed by atoms with van der Waals surface area (Å²) in [6.07, 6.45) is 4.67. The molecule has 0 bridgehead atoms. The summed E-state index contributed by atoms with van der Waals surface area (Å²) >= 11 is 0. The van der Waals surface area contributed by atoms with Gasteiger partial charge in [-0.3, -0.25) is 6.08 Å². The largest absolute Gasteiger partial charge is 0.503 e. The Morgan fingerprint density at radius 2 is 1.53 bits per heavy atom. The normalized spacial score (nSPS) is 10.6. The molecule has 0 heterocycles. The minimum absolute atomic E-state index is 0. The van der Waals surface area contributed by atoms with Crippen LogP contribution in [0.15, 0.2) is 17.7 Å². The molecule has 0 amide bonds. The Kier molecular flexibility index (Phi) is 16.0. The Balaban J connectivity index is -0.000000145. The van der Waals surface area contributed by atoms with Crippen LogP contribution in [0, 0.1) is 6.08 Å². The third-order valence-corrected chi connectivity index (χ3v) is 0.867. The van der Waals surface area contributed by atoms with E-state index in [0.29, 0.717) is 0 Å². The quantitative estimate of drug-likeness (QED) is 0.497. The van der Waals surface area contributed by atoms with Gasteiger partial charge >= 0.3 is 12.3 Å². The summed E-state index contributed by atoms with van der Waals surface area (Å²) in [5, 5.41) is 27.9. The second kappa shape index (κ2) is 12.5. The third-order valence-electron chi connectivity index (χ3n) is 0.867. The molecule has 1 aliphatic carbocycles. The predicted octanol–water partition coefficient (Wildman–Crippen LogP) is 2.14. The van der Waals surface area contributed by atoms with Crippen LogP contribution in [-0.2, 0) is 16.8 Å². The van der Waals surface area contributed by atoms with Gasteiger partial charge in [-0.2, -0.15) is 6.08 Å². The molecule has 0 saturated carbocycles. The summed E-state index contributed by atoms with van der Waals surface area (Å²) in [4.78, 5) is 17.1. The van der Waals surface area contributed by atoms with Gasteiger partial charge in [0.15, 0.2) is 0 Å². The fourth-order valence-corrected chi connectivity index (χ4v) is 0.515. The summed E-state index contributed by atoms with van der Waals surface area (Å²) in [6, 6.07) is 0. The van der Waals surface area contributed by atoms with Gasteiger partial charge in [-0.25, -0.2) is 21.2 Å². The zero-order valence-electron chi connectivity index (χ0n) is 7.80. The van der Waals surface area contributed by atoms with Gasteiger partial charge in [-0.1, -0.05) is 6.92 Å². The van der Waals surface area contributed by atoms with Crippen molar-refractivity contribution >= 4 is 12.3 Å². The summed E-state index contributed by atoms with van der Waals surface area (Å²) < 4.78 is 0. The van der Waals surface area contributed by atoms with Crippen LogP contribution in [0.25, 0.3) is 0 Å². The molecule has 7 heteroatoms. The fourth-order valence-electron chi connectivity index (χ4n) is 0.515. The van der Waals surface area contributed by atoms with E-state index in [2.05, 4.69) is 25.2 Å². The zero-order valence-corrected chi connectivity index (χ0v) is 8.84. The molecular formula is C8H11CoO6-. The van der Waals surface area contributed by atoms with Crippen LogP contribution in [0.3, 0.4) is 0 Å². The maximum atomic E-state index is 8.56. The van der Waals surface area contributed by atoms with Gasteiger partial charge in [0.25, 0.3) is 0 Å². The average molecular weight is 262 g/mol. The van der Waals surface area contributed by atoms with Gasteiger partial charge < -0.3 is 20.4 Å². The number of hydrogen-bond acceptors (Lipinski definition) is 2. The Hall–Kier alpha value is -1.47. The summed E-state index contributed by atoms with van der Waals surface area (Å²) in [5.74, 6) is 0. The first-order valence-electron chi connectivity index (χ1n) is 3.44. The fraction of sp³-hybridized carbons (Fsp3) is 0.250. The SMILES string of the molecule is CC1=[C-]CC=C1.O=C(O)O.O=C(O)O.[Co]. The molecule has 0 saturated heterocycles. The molecule has 1 rings (SSSR count). The van der Waals surface area contributed by atoms with Gasteiger partial charge in [-0.15, -0.1) is 6.42 Å². The van der Waals surface area contributed by atoms with E-state index in [1.54, 1.807) is 0 Å². The minimum Gasteiger partial charge on any atom is -0.450 e. The monoisotopic (exact) mass is 262 g/mol. The van der Waals surface area contributed by atoms with Gasteiger partial charge in [0.2, 0.25) is 0 Å². The minimum atomic E-state index is -1.83. The van der Waals surface area contributed by atoms with Crippen molar-refractivity contribution < 1.29 is 46.8 Å². The third kappa shape index (κ3) is 45.4. The summed E-state index contributed by atoms with van der Waals surface area (Å²) in [6.45, 7) is 2.06. The first kappa shape index (κ1) is 19.2. The molecule has 15 heavy (non-hydrogen) atoms. The van der Waals surface area contributed by atoms with Crippen LogP contribution >= 0.6 is 0 Å². The van der Waals surface area contributed by atoms with Gasteiger partial charge in [-0.05, 0) is 0 Å². The molecule has 6 nitrogen and oxygen atoms in total. The Labute approximate surface area is 96.7 Å². The van der Waals surface area contributed by atoms with Crippen molar-refractivity contribution in [2.24, 2.45) is 0 Å². The first-order valence-corrected chi connectivity index (χ1v) is 3.44. The number of hydrogen-bond donors (Lipinski definition) is 4. The summed E-state index contributed by atoms with van der Waals surface area (Å²) in [7, 11) is 0. The van der Waals surface area contributed by atoms with Crippen molar-refractivity contribution in [1.29, 1.82) is 0 Å². The second-order valence-corrected chi connectivity index (χ2v) is 2.03. The predicted molar refractivity (Wildman–Crippen MR) is 47.5 cm³/mol. The number of carboxylic acid groups (broad SMARTS) is 4. The number of rotatable bonds is 0. The van der Waals surface area contributed by atoms with E-state index in [-0.39, 0.29) is 16.8 Å². The standard InChI is InChI=1S/C6H7.2CH2O3.Co/c1-6-4-2-3-5-6;2*2-1(3)4;/h2,4H,3H2,1H3;2*(H2,2,3,4);/q-1;;;. The zero-order chi connectivity index (χ0) is 11.6. The molecule has 0 aromatic carbocycles. The van der Waals surface area contributed by atoms with E-state index in [4.69, 9.17) is 30.0 Å². The second-order valence-electron chi connectivity index (χ2n) is 2.03. The molecule has 0 aromatic rings. The van der Waals surface area contributed by atoms with Crippen molar-refractivity contribution in [2.45, 2.75) is 13.3 Å². The first-order chi connectivity index (χ1) is 6.36. The smallest absolute Gasteiger partial charge is 0.450 e. The van der Waals surface area contributed by atoms with E-state index in [1.165, 1.54) is 5.57 Å². The van der Waals surface area contributed by atoms with E-state index >= 15 is 0 Å². The van der Waals surface area contributed by atoms with E-state index in [0.717, 1.165) is 6.42 Å². The van der Waals surface area contributed by atoms with Crippen molar-refractivity contribution in [3.05, 3.63) is 23.8 Å². The molecule has 0 aromatic heterocycles. The van der Waals surface area contributed by atoms with E-state index in [1.807, 2.05) is 0 Å². The molecule has 0 unspecified atom stereocenters. The Morgan fingerprint density at radius 3 is 1.60 bits per heavy atom. The average Bonchev–Trinajstić information content (AvgIpc) is 2.36. The molecule has 4 N–H and O–H groups in total. The van der Waals surface area contributed by atoms with Crippen LogP contribution in [0.4, 0.5) is 9.59 Å². The van der Waals surface area contributed by atoms with E-state index < -0.39 is 12.3 Å². The van der Waals surface area contributed by atoms with Crippen molar-refractivity contribution in [3.8, 4) is 0 Å². The van der Waals surface area contributed by atoms with Crippen molar-refractivity contribution in [3.63, 3.8) is 0 Å². The van der Waals surface area contributed by atoms with Crippen LogP contribution in [0.2, 0.25) is 0 Å². The molecule has 89 valence electrons. The van der Waals surface area contributed by atoms with Crippen molar-refractivity contribution in [2.75, 3.05) is 0 Å². The van der Waals surface area contributed by atoms with Crippen LogP contribution in [0.1, 0.15) is 13.3 Å². The van der Waals surface area contributed by atoms with Gasteiger partial charge in [0, 0.05) is 16.8 Å². The molecule has 1 aliphatic rings. The molecule has 0 fully saturated rings. The van der Waals surface area contributed by atoms with Gasteiger partial charge in [0.05, 0.1) is 0 Å².